The molecule has 50 valence electrons. The molecule has 1 aromatic rings. The highest BCUT2D eigenvalue weighted by molar-refractivity contribution is 9.10. The molecular formula is C7H5BrN2. The van der Waals surface area contributed by atoms with Crippen LogP contribution in [-0.4, -0.2) is 4.98 Å². The van der Waals surface area contributed by atoms with Crippen LogP contribution in [0.15, 0.2) is 16.7 Å². The molecule has 1 heterocycles. The number of nitrogens with zero attached hydrogens (tertiary/aromatic N) is 2. The molecular weight excluding hydrogens is 192 g/mol. The van der Waals surface area contributed by atoms with E-state index in [4.69, 9.17) is 5.26 Å². The van der Waals surface area contributed by atoms with Crippen molar-refractivity contribution in [2.75, 3.05) is 0 Å². The maximum Gasteiger partial charge on any atom is 0.102 e. The average Bonchev–Trinajstić information content (AvgIpc) is 1.88. The van der Waals surface area contributed by atoms with E-state index in [9.17, 15) is 0 Å². The predicted octanol–water partition coefficient (Wildman–Crippen LogP) is 2.02. The Kier molecular flexibility index (Phi) is 2.03. The van der Waals surface area contributed by atoms with Crippen molar-refractivity contribution in [3.05, 3.63) is 28.0 Å². The van der Waals surface area contributed by atoms with Crippen molar-refractivity contribution in [1.82, 2.24) is 4.98 Å². The third-order valence-electron chi connectivity index (χ3n) is 1.11. The van der Waals surface area contributed by atoms with Gasteiger partial charge in [-0.2, -0.15) is 5.26 Å². The minimum Gasteiger partial charge on any atom is -0.260 e. The Morgan fingerprint density at radius 3 is 2.90 bits per heavy atom. The first-order valence-electron chi connectivity index (χ1n) is 2.76. The summed E-state index contributed by atoms with van der Waals surface area (Å²) in [7, 11) is 0. The highest BCUT2D eigenvalue weighted by atomic mass is 79.9. The van der Waals surface area contributed by atoms with E-state index in [1.807, 2.05) is 19.1 Å². The molecule has 1 rings (SSSR count). The minimum atomic E-state index is 0.575. The topological polar surface area (TPSA) is 36.7 Å². The lowest BCUT2D eigenvalue weighted by Crippen LogP contribution is -1.83. The van der Waals surface area contributed by atoms with Gasteiger partial charge in [0.2, 0.25) is 0 Å². The van der Waals surface area contributed by atoms with Gasteiger partial charge in [-0.25, -0.2) is 0 Å². The molecule has 0 bridgehead atoms. The van der Waals surface area contributed by atoms with Crippen LogP contribution in [0.25, 0.3) is 0 Å². The summed E-state index contributed by atoms with van der Waals surface area (Å²) in [5.74, 6) is 0. The molecule has 3 heteroatoms. The van der Waals surface area contributed by atoms with Crippen LogP contribution in [0, 0.1) is 18.3 Å². The molecule has 0 spiro atoms. The van der Waals surface area contributed by atoms with Crippen molar-refractivity contribution in [3.8, 4) is 6.07 Å². The lowest BCUT2D eigenvalue weighted by Gasteiger charge is -1.93. The molecule has 0 atom stereocenters. The molecule has 0 fully saturated rings. The first-order valence-corrected chi connectivity index (χ1v) is 3.55. The summed E-state index contributed by atoms with van der Waals surface area (Å²) < 4.78 is 0.808. The van der Waals surface area contributed by atoms with Crippen LogP contribution < -0.4 is 0 Å². The van der Waals surface area contributed by atoms with Crippen molar-refractivity contribution >= 4 is 15.9 Å². The number of pyridine rings is 1. The first kappa shape index (κ1) is 7.23. The minimum absolute atomic E-state index is 0.575. The van der Waals surface area contributed by atoms with Gasteiger partial charge in [0.05, 0.1) is 5.56 Å². The van der Waals surface area contributed by atoms with E-state index in [2.05, 4.69) is 20.9 Å². The smallest absolute Gasteiger partial charge is 0.102 e. The van der Waals surface area contributed by atoms with Crippen LogP contribution in [0.4, 0.5) is 0 Å². The average molecular weight is 197 g/mol. The summed E-state index contributed by atoms with van der Waals surface area (Å²) in [6, 6.07) is 3.83. The molecule has 0 aliphatic heterocycles. The highest BCUT2D eigenvalue weighted by Crippen LogP contribution is 2.14. The van der Waals surface area contributed by atoms with Crippen LogP contribution in [0.2, 0.25) is 0 Å². The Bertz CT molecular complexity index is 288. The number of nitriles is 1. The van der Waals surface area contributed by atoms with Gasteiger partial charge in [0.25, 0.3) is 0 Å². The molecule has 0 aliphatic carbocycles. The van der Waals surface area contributed by atoms with E-state index in [1.54, 1.807) is 6.20 Å². The second-order valence-electron chi connectivity index (χ2n) is 1.92. The van der Waals surface area contributed by atoms with Crippen molar-refractivity contribution in [2.45, 2.75) is 6.92 Å². The standard InChI is InChI=1S/C7H5BrN2/c1-5-2-7(8)6(3-9)4-10-5/h2,4H,1H3. The highest BCUT2D eigenvalue weighted by Gasteiger charge is 1.97. The predicted molar refractivity (Wildman–Crippen MR) is 41.4 cm³/mol. The van der Waals surface area contributed by atoms with Gasteiger partial charge in [0, 0.05) is 16.4 Å². The third kappa shape index (κ3) is 1.34. The Morgan fingerprint density at radius 2 is 2.40 bits per heavy atom. The van der Waals surface area contributed by atoms with E-state index < -0.39 is 0 Å². The molecule has 10 heavy (non-hydrogen) atoms. The molecule has 0 saturated heterocycles. The van der Waals surface area contributed by atoms with Crippen molar-refractivity contribution in [3.63, 3.8) is 0 Å². The maximum absolute atomic E-state index is 8.49. The lowest BCUT2D eigenvalue weighted by atomic mass is 10.3. The van der Waals surface area contributed by atoms with Crippen LogP contribution in [0.1, 0.15) is 11.3 Å². The van der Waals surface area contributed by atoms with Crippen LogP contribution in [0.3, 0.4) is 0 Å². The second kappa shape index (κ2) is 2.80. The summed E-state index contributed by atoms with van der Waals surface area (Å²) in [5, 5.41) is 8.49. The summed E-state index contributed by atoms with van der Waals surface area (Å²) in [4.78, 5) is 3.96. The number of aryl methyl sites for hydroxylation is 1. The second-order valence-corrected chi connectivity index (χ2v) is 2.77. The van der Waals surface area contributed by atoms with Gasteiger partial charge >= 0.3 is 0 Å². The zero-order chi connectivity index (χ0) is 7.56. The molecule has 0 unspecified atom stereocenters. The lowest BCUT2D eigenvalue weighted by molar-refractivity contribution is 1.18. The fourth-order valence-corrected chi connectivity index (χ4v) is 1.13. The van der Waals surface area contributed by atoms with Crippen LogP contribution in [0.5, 0.6) is 0 Å². The summed E-state index contributed by atoms with van der Waals surface area (Å²) in [5.41, 5.74) is 1.48. The fraction of sp³-hybridized carbons (Fsp3) is 0.143. The van der Waals surface area contributed by atoms with Gasteiger partial charge in [-0.3, -0.25) is 4.98 Å². The van der Waals surface area contributed by atoms with Crippen molar-refractivity contribution in [1.29, 1.82) is 5.26 Å². The van der Waals surface area contributed by atoms with Gasteiger partial charge in [0.1, 0.15) is 6.07 Å². The molecule has 0 N–H and O–H groups in total. The largest absolute Gasteiger partial charge is 0.260 e. The number of hydrogen-bond acceptors (Lipinski definition) is 2. The van der Waals surface area contributed by atoms with Gasteiger partial charge in [-0.05, 0) is 28.9 Å². The Balaban J connectivity index is 3.23. The fourth-order valence-electron chi connectivity index (χ4n) is 0.609. The molecule has 1 aromatic heterocycles. The molecule has 0 saturated carbocycles. The third-order valence-corrected chi connectivity index (χ3v) is 1.77. The number of hydrogen-bond donors (Lipinski definition) is 0. The number of aromatic nitrogens is 1. The zero-order valence-electron chi connectivity index (χ0n) is 5.43. The SMILES string of the molecule is Cc1cc(Br)c(C#N)cn1. The van der Waals surface area contributed by atoms with Crippen molar-refractivity contribution < 1.29 is 0 Å². The molecule has 0 aromatic carbocycles. The quantitative estimate of drug-likeness (QED) is 0.637. The monoisotopic (exact) mass is 196 g/mol. The van der Waals surface area contributed by atoms with Crippen LogP contribution >= 0.6 is 15.9 Å². The Morgan fingerprint density at radius 1 is 1.70 bits per heavy atom. The summed E-state index contributed by atoms with van der Waals surface area (Å²) in [6.45, 7) is 1.88. The summed E-state index contributed by atoms with van der Waals surface area (Å²) >= 11 is 3.24. The van der Waals surface area contributed by atoms with E-state index in [-0.39, 0.29) is 0 Å². The van der Waals surface area contributed by atoms with Gasteiger partial charge < -0.3 is 0 Å². The maximum atomic E-state index is 8.49. The molecule has 0 amide bonds. The molecule has 0 radical (unpaired) electrons. The number of rotatable bonds is 0. The number of halogens is 1. The summed E-state index contributed by atoms with van der Waals surface area (Å²) in [6.07, 6.45) is 1.55. The van der Waals surface area contributed by atoms with Gasteiger partial charge in [-0.1, -0.05) is 0 Å². The Hall–Kier alpha value is -0.880. The first-order chi connectivity index (χ1) is 4.74. The van der Waals surface area contributed by atoms with Gasteiger partial charge in [-0.15, -0.1) is 0 Å². The Labute approximate surface area is 67.6 Å². The van der Waals surface area contributed by atoms with Crippen molar-refractivity contribution in [2.24, 2.45) is 0 Å². The zero-order valence-corrected chi connectivity index (χ0v) is 7.01. The molecule has 0 aliphatic rings. The van der Waals surface area contributed by atoms with E-state index in [0.717, 1.165) is 10.2 Å². The van der Waals surface area contributed by atoms with E-state index in [1.165, 1.54) is 0 Å². The molecule has 2 nitrogen and oxygen atoms in total. The van der Waals surface area contributed by atoms with E-state index >= 15 is 0 Å². The normalized spacial score (nSPS) is 8.90. The van der Waals surface area contributed by atoms with Crippen LogP contribution in [-0.2, 0) is 0 Å². The van der Waals surface area contributed by atoms with E-state index in [0.29, 0.717) is 5.56 Å². The van der Waals surface area contributed by atoms with Gasteiger partial charge in [0.15, 0.2) is 0 Å².